The second-order valence-corrected chi connectivity index (χ2v) is 6.95. The minimum Gasteiger partial charge on any atom is -0.369 e. The highest BCUT2D eigenvalue weighted by molar-refractivity contribution is 6.08. The second-order valence-electron chi connectivity index (χ2n) is 6.95. The molecule has 0 radical (unpaired) electrons. The predicted octanol–water partition coefficient (Wildman–Crippen LogP) is 1.80. The molecular formula is C20H22N6O2. The normalized spacial score (nSPS) is 18.3. The van der Waals surface area contributed by atoms with Crippen LogP contribution >= 0.6 is 0 Å². The maximum absolute atomic E-state index is 13.3. The summed E-state index contributed by atoms with van der Waals surface area (Å²) < 4.78 is 0. The van der Waals surface area contributed by atoms with Gasteiger partial charge in [-0.3, -0.25) is 19.5 Å². The summed E-state index contributed by atoms with van der Waals surface area (Å²) in [6.07, 6.45) is 6.28. The number of fused-ring (bicyclic) bond motifs is 1. The number of hydrogen-bond acceptors (Lipinski definition) is 6. The second kappa shape index (κ2) is 7.22. The minimum atomic E-state index is -0.428. The fraction of sp³-hybridized carbons (Fsp3) is 0.250. The molecule has 4 N–H and O–H groups in total. The van der Waals surface area contributed by atoms with Crippen molar-refractivity contribution in [2.45, 2.75) is 25.9 Å². The van der Waals surface area contributed by atoms with Crippen molar-refractivity contribution in [3.63, 3.8) is 0 Å². The van der Waals surface area contributed by atoms with Crippen LogP contribution in [0.3, 0.4) is 0 Å². The number of carbonyl (C=O) groups is 1. The molecule has 0 spiro atoms. The van der Waals surface area contributed by atoms with E-state index in [9.17, 15) is 9.59 Å². The van der Waals surface area contributed by atoms with E-state index < -0.39 is 5.56 Å². The zero-order valence-electron chi connectivity index (χ0n) is 15.6. The Balaban J connectivity index is 1.63. The number of carbonyl (C=O) groups excluding carboxylic acids is 1. The van der Waals surface area contributed by atoms with Crippen molar-refractivity contribution in [1.29, 1.82) is 0 Å². The first kappa shape index (κ1) is 17.8. The van der Waals surface area contributed by atoms with Gasteiger partial charge in [-0.15, -0.1) is 0 Å². The number of nitrogens with one attached hydrogen (secondary N) is 2. The number of H-pyrrole nitrogens is 1. The third-order valence-corrected chi connectivity index (χ3v) is 4.82. The van der Waals surface area contributed by atoms with E-state index in [1.54, 1.807) is 0 Å². The van der Waals surface area contributed by atoms with Gasteiger partial charge in [0.15, 0.2) is 11.5 Å². The fourth-order valence-electron chi connectivity index (χ4n) is 3.49. The zero-order valence-corrected chi connectivity index (χ0v) is 15.6. The van der Waals surface area contributed by atoms with Crippen LogP contribution in [0.5, 0.6) is 0 Å². The van der Waals surface area contributed by atoms with E-state index in [4.69, 9.17) is 5.73 Å². The maximum Gasteiger partial charge on any atom is 0.278 e. The molecule has 144 valence electrons. The molecule has 8 nitrogen and oxygen atoms in total. The molecule has 1 aromatic heterocycles. The van der Waals surface area contributed by atoms with Crippen molar-refractivity contribution in [3.05, 3.63) is 70.3 Å². The van der Waals surface area contributed by atoms with Crippen LogP contribution in [0.4, 0.5) is 17.5 Å². The van der Waals surface area contributed by atoms with Crippen LogP contribution in [0, 0.1) is 0 Å². The molecule has 8 heteroatoms. The standard InChI is InChI=1S/C20H22N6O2/c1-13-10-22-17-16(18(27)24-20(21)23-17)26(13)19(28)15-8-5-9-25(12-15)11-14-6-3-2-4-7-14/h2-7,9,12-13H,8,10-11H2,1H3,(H4,21,22,23,24,27). The van der Waals surface area contributed by atoms with E-state index in [0.717, 1.165) is 5.56 Å². The summed E-state index contributed by atoms with van der Waals surface area (Å²) in [5.41, 5.74) is 7.19. The first-order chi connectivity index (χ1) is 13.5. The fourth-order valence-corrected chi connectivity index (χ4v) is 3.49. The molecule has 2 aliphatic heterocycles. The van der Waals surface area contributed by atoms with Crippen molar-refractivity contribution >= 4 is 23.4 Å². The van der Waals surface area contributed by atoms with E-state index in [-0.39, 0.29) is 23.6 Å². The lowest BCUT2D eigenvalue weighted by Gasteiger charge is -2.35. The molecule has 0 bridgehead atoms. The smallest absolute Gasteiger partial charge is 0.278 e. The van der Waals surface area contributed by atoms with E-state index in [2.05, 4.69) is 15.3 Å². The molecule has 4 rings (SSSR count). The van der Waals surface area contributed by atoms with Gasteiger partial charge in [0, 0.05) is 31.1 Å². The third-order valence-electron chi connectivity index (χ3n) is 4.82. The molecule has 1 amide bonds. The summed E-state index contributed by atoms with van der Waals surface area (Å²) >= 11 is 0. The number of nitrogens with two attached hydrogens (primary N) is 1. The van der Waals surface area contributed by atoms with Gasteiger partial charge in [0.25, 0.3) is 11.5 Å². The number of benzene rings is 1. The molecule has 3 heterocycles. The monoisotopic (exact) mass is 378 g/mol. The van der Waals surface area contributed by atoms with Crippen molar-refractivity contribution < 1.29 is 4.79 Å². The molecule has 0 saturated heterocycles. The Morgan fingerprint density at radius 3 is 2.89 bits per heavy atom. The topological polar surface area (TPSA) is 107 Å². The maximum atomic E-state index is 13.3. The number of anilines is 3. The van der Waals surface area contributed by atoms with Gasteiger partial charge in [0.1, 0.15) is 0 Å². The number of nitrogen functional groups attached to an aromatic ring is 1. The van der Waals surface area contributed by atoms with E-state index in [1.165, 1.54) is 4.90 Å². The van der Waals surface area contributed by atoms with Gasteiger partial charge in [-0.2, -0.15) is 4.98 Å². The zero-order chi connectivity index (χ0) is 19.7. The summed E-state index contributed by atoms with van der Waals surface area (Å²) in [5.74, 6) is 0.155. The summed E-state index contributed by atoms with van der Waals surface area (Å²) in [6.45, 7) is 3.05. The Morgan fingerprint density at radius 1 is 1.32 bits per heavy atom. The molecule has 0 aliphatic carbocycles. The van der Waals surface area contributed by atoms with Gasteiger partial charge in [-0.05, 0) is 18.9 Å². The highest BCUT2D eigenvalue weighted by atomic mass is 16.2. The van der Waals surface area contributed by atoms with E-state index in [1.807, 2.05) is 60.6 Å². The van der Waals surface area contributed by atoms with E-state index >= 15 is 0 Å². The molecule has 0 fully saturated rings. The molecule has 2 aromatic rings. The summed E-state index contributed by atoms with van der Waals surface area (Å²) in [6, 6.07) is 9.85. The Kier molecular flexibility index (Phi) is 4.60. The number of amides is 1. The molecule has 28 heavy (non-hydrogen) atoms. The average Bonchev–Trinajstić information content (AvgIpc) is 2.69. The van der Waals surface area contributed by atoms with Crippen molar-refractivity contribution in [3.8, 4) is 0 Å². The van der Waals surface area contributed by atoms with Crippen LogP contribution in [0.2, 0.25) is 0 Å². The van der Waals surface area contributed by atoms with Crippen LogP contribution in [0.15, 0.2) is 59.2 Å². The SMILES string of the molecule is CC1CNc2nc(N)[nH]c(=O)c2N1C(=O)C1=CN(Cc2ccccc2)C=CC1. The molecule has 1 unspecified atom stereocenters. The van der Waals surface area contributed by atoms with Crippen molar-refractivity contribution in [2.24, 2.45) is 0 Å². The van der Waals surface area contributed by atoms with Gasteiger partial charge in [0.2, 0.25) is 5.95 Å². The first-order valence-corrected chi connectivity index (χ1v) is 9.17. The Labute approximate surface area is 162 Å². The first-order valence-electron chi connectivity index (χ1n) is 9.17. The van der Waals surface area contributed by atoms with Gasteiger partial charge in [-0.25, -0.2) is 0 Å². The third kappa shape index (κ3) is 3.36. The highest BCUT2D eigenvalue weighted by Gasteiger charge is 2.33. The van der Waals surface area contributed by atoms with Gasteiger partial charge >= 0.3 is 0 Å². The Bertz CT molecular complexity index is 1010. The summed E-state index contributed by atoms with van der Waals surface area (Å²) in [4.78, 5) is 35.9. The van der Waals surface area contributed by atoms with Crippen LogP contribution in [-0.4, -0.2) is 33.4 Å². The molecule has 2 aliphatic rings. The molecule has 0 saturated carbocycles. The average molecular weight is 378 g/mol. The van der Waals surface area contributed by atoms with Crippen LogP contribution < -0.4 is 21.5 Å². The number of aromatic amines is 1. The molecule has 1 atom stereocenters. The number of hydrogen-bond donors (Lipinski definition) is 3. The lowest BCUT2D eigenvalue weighted by atomic mass is 10.1. The molecule has 1 aromatic carbocycles. The molecular weight excluding hydrogens is 356 g/mol. The number of allylic oxidation sites excluding steroid dienone is 1. The lowest BCUT2D eigenvalue weighted by Crippen LogP contribution is -2.49. The summed E-state index contributed by atoms with van der Waals surface area (Å²) in [5, 5.41) is 3.07. The van der Waals surface area contributed by atoms with Gasteiger partial charge in [0.05, 0.1) is 6.04 Å². The van der Waals surface area contributed by atoms with Gasteiger partial charge in [-0.1, -0.05) is 36.4 Å². The number of aromatic nitrogens is 2. The van der Waals surface area contributed by atoms with E-state index in [0.29, 0.717) is 30.9 Å². The van der Waals surface area contributed by atoms with Crippen molar-refractivity contribution in [2.75, 3.05) is 22.5 Å². The highest BCUT2D eigenvalue weighted by Crippen LogP contribution is 2.29. The quantitative estimate of drug-likeness (QED) is 0.752. The van der Waals surface area contributed by atoms with Gasteiger partial charge < -0.3 is 16.0 Å². The summed E-state index contributed by atoms with van der Waals surface area (Å²) in [7, 11) is 0. The Morgan fingerprint density at radius 2 is 2.11 bits per heavy atom. The number of nitrogens with zero attached hydrogens (tertiary/aromatic N) is 3. The largest absolute Gasteiger partial charge is 0.369 e. The lowest BCUT2D eigenvalue weighted by molar-refractivity contribution is -0.115. The van der Waals surface area contributed by atoms with Crippen LogP contribution in [-0.2, 0) is 11.3 Å². The number of rotatable bonds is 3. The Hall–Kier alpha value is -3.55. The minimum absolute atomic E-state index is 0.0204. The predicted molar refractivity (Wildman–Crippen MR) is 109 cm³/mol. The van der Waals surface area contributed by atoms with Crippen molar-refractivity contribution in [1.82, 2.24) is 14.9 Å². The van der Waals surface area contributed by atoms with Crippen LogP contribution in [0.25, 0.3) is 0 Å². The van der Waals surface area contributed by atoms with Crippen LogP contribution in [0.1, 0.15) is 18.9 Å².